The van der Waals surface area contributed by atoms with Crippen LogP contribution in [0, 0.1) is 40.4 Å². The maximum Gasteiger partial charge on any atom is 1.00 e. The molecule has 0 saturated carbocycles. The van der Waals surface area contributed by atoms with E-state index >= 15 is 0 Å². The first-order valence-corrected chi connectivity index (χ1v) is 39.1. The van der Waals surface area contributed by atoms with Gasteiger partial charge >= 0.3 is 99.0 Å². The van der Waals surface area contributed by atoms with Crippen LogP contribution in [0.1, 0.15) is 136 Å². The van der Waals surface area contributed by atoms with Gasteiger partial charge in [0, 0.05) is 123 Å². The van der Waals surface area contributed by atoms with E-state index in [9.17, 15) is 49.3 Å². The monoisotopic (exact) mass is 1700 g/mol. The molecule has 6 atom stereocenters. The molecular weight excluding hydrogens is 1590 g/mol. The average molecular weight is 1710 g/mol. The topological polar surface area (TPSA) is 343 Å². The first-order valence-electron chi connectivity index (χ1n) is 35.2. The van der Waals surface area contributed by atoms with Crippen molar-refractivity contribution in [2.24, 2.45) is 23.5 Å². The average Bonchev–Trinajstić information content (AvgIpc) is 0.807. The molecule has 24 nitrogen and oxygen atoms in total. The van der Waals surface area contributed by atoms with Gasteiger partial charge in [0.1, 0.15) is 11.9 Å². The van der Waals surface area contributed by atoms with E-state index < -0.39 is 51.8 Å². The Balaban J connectivity index is -0.00000133. The smallest absolute Gasteiger partial charge is 0.870 e. The van der Waals surface area contributed by atoms with Crippen molar-refractivity contribution in [2.75, 3.05) is 120 Å². The molecule has 33 heteroatoms. The second-order valence-electron chi connectivity index (χ2n) is 29.1. The number of amides is 2. The van der Waals surface area contributed by atoms with Gasteiger partial charge in [0.05, 0.1) is 51.0 Å². The van der Waals surface area contributed by atoms with Gasteiger partial charge < -0.3 is 83.3 Å². The summed E-state index contributed by atoms with van der Waals surface area (Å²) in [5.41, 5.74) is 9.33. The van der Waals surface area contributed by atoms with E-state index in [-0.39, 0.29) is 128 Å². The molecule has 3 aromatic heterocycles. The fraction of sp³-hybridized carbons (Fsp3) is 0.519. The van der Waals surface area contributed by atoms with Crippen LogP contribution in [-0.4, -0.2) is 230 Å². The van der Waals surface area contributed by atoms with Crippen LogP contribution in [0.25, 0.3) is 0 Å². The Hall–Kier alpha value is -4.27. The van der Waals surface area contributed by atoms with E-state index in [0.717, 1.165) is 108 Å². The third-order valence-electron chi connectivity index (χ3n) is 16.8. The Kier molecular flexibility index (Phi) is 57.7. The van der Waals surface area contributed by atoms with Crippen LogP contribution in [0.3, 0.4) is 0 Å². The van der Waals surface area contributed by atoms with Gasteiger partial charge in [-0.25, -0.2) is 24.2 Å². The predicted molar refractivity (Wildman–Crippen MR) is 439 cm³/mol. The third kappa shape index (κ3) is 44.3. The number of alkyl halides is 2. The number of likely N-dealkylation sites (tertiary alicyclic amines) is 3. The van der Waals surface area contributed by atoms with Crippen LogP contribution in [0.5, 0.6) is 0 Å². The van der Waals surface area contributed by atoms with Gasteiger partial charge in [0.25, 0.3) is 0 Å². The summed E-state index contributed by atoms with van der Waals surface area (Å²) in [6.45, 7) is 22.8. The van der Waals surface area contributed by atoms with Crippen molar-refractivity contribution in [3.05, 3.63) is 173 Å². The van der Waals surface area contributed by atoms with Crippen LogP contribution < -0.4 is 86.7 Å². The van der Waals surface area contributed by atoms with Gasteiger partial charge in [-0.3, -0.25) is 9.59 Å². The Morgan fingerprint density at radius 2 is 0.955 bits per heavy atom. The number of carbonyl (C=O) groups is 6. The molecule has 3 saturated heterocycles. The number of benzene rings is 3. The first kappa shape index (κ1) is 112. The number of hydrogen-bond donors (Lipinski definition) is 5. The van der Waals surface area contributed by atoms with E-state index in [4.69, 9.17) is 44.0 Å². The minimum absolute atomic E-state index is 0. The number of primary amides is 1. The molecule has 6 heterocycles. The minimum atomic E-state index is -1.09. The van der Waals surface area contributed by atoms with Crippen molar-refractivity contribution in [3.8, 4) is 12.1 Å². The number of carbonyl (C=O) groups excluding carboxylic acids is 6. The largest absolute Gasteiger partial charge is 1.00 e. The summed E-state index contributed by atoms with van der Waals surface area (Å²) in [5.74, 6) is -2.22. The molecule has 0 spiro atoms. The number of hydrogen-bond acceptors (Lipinski definition) is 25. The van der Waals surface area contributed by atoms with Gasteiger partial charge in [-0.05, 0) is 236 Å². The molecule has 3 aromatic carbocycles. The van der Waals surface area contributed by atoms with Crippen molar-refractivity contribution >= 4 is 114 Å². The Bertz CT molecular complexity index is 3710. The fourth-order valence-corrected chi connectivity index (χ4v) is 14.0. The molecule has 0 unspecified atom stereocenters. The van der Waals surface area contributed by atoms with E-state index in [0.29, 0.717) is 62.0 Å². The summed E-state index contributed by atoms with van der Waals surface area (Å²) < 4.78 is 9.10. The van der Waals surface area contributed by atoms with E-state index in [1.807, 2.05) is 107 Å². The number of ether oxygens (including phenoxy) is 1. The molecule has 3 radical (unpaired) electrons. The van der Waals surface area contributed by atoms with Crippen LogP contribution in [0.2, 0.25) is 0 Å². The molecule has 609 valence electrons. The van der Waals surface area contributed by atoms with Gasteiger partial charge in [-0.1, -0.05) is 36.4 Å². The molecular formula is C79H114BCl3KN9NaO15S3. The summed E-state index contributed by atoms with van der Waals surface area (Å²) in [7, 11) is 16.4. The number of nitrogens with two attached hydrogens (primary N) is 1. The summed E-state index contributed by atoms with van der Waals surface area (Å²) in [6, 6.07) is 32.4. The summed E-state index contributed by atoms with van der Waals surface area (Å²) >= 11 is 14.6. The zero-order chi connectivity index (χ0) is 81.4. The van der Waals surface area contributed by atoms with Crippen LogP contribution in [-0.2, 0) is 74.4 Å². The number of rotatable bonds is 18. The Labute approximate surface area is 758 Å². The summed E-state index contributed by atoms with van der Waals surface area (Å²) in [4.78, 5) is 83.5. The molecule has 3 aliphatic rings. The Morgan fingerprint density at radius 3 is 1.26 bits per heavy atom. The number of aldehydes is 1. The number of halogens is 3. The minimum Gasteiger partial charge on any atom is -0.870 e. The third-order valence-corrected chi connectivity index (χ3v) is 19.0. The van der Waals surface area contributed by atoms with Crippen LogP contribution in [0.15, 0.2) is 123 Å². The molecule has 7 N–H and O–H groups in total. The second-order valence-corrected chi connectivity index (χ2v) is 32.2. The maximum absolute atomic E-state index is 12.5. The number of nitriles is 2. The van der Waals surface area contributed by atoms with Gasteiger partial charge in [-0.2, -0.15) is 44.5 Å². The van der Waals surface area contributed by atoms with Crippen molar-refractivity contribution in [1.29, 1.82) is 10.5 Å². The second kappa shape index (κ2) is 57.8. The van der Waals surface area contributed by atoms with Gasteiger partial charge in [0.2, 0.25) is 11.9 Å². The van der Waals surface area contributed by atoms with E-state index in [1.165, 1.54) is 18.1 Å². The zero-order valence-electron chi connectivity index (χ0n) is 68.1. The zero-order valence-corrected chi connectivity index (χ0v) is 78.0. The van der Waals surface area contributed by atoms with Crippen LogP contribution >= 0.6 is 69.6 Å². The van der Waals surface area contributed by atoms with E-state index in [2.05, 4.69) is 102 Å². The fourth-order valence-electron chi connectivity index (χ4n) is 11.9. The standard InChI is InChI=1S/C21H29N3O2S.C21H27N3OS.C20H29N3O3.C6H6OS.C4H6O4.C4H10O.C2H3BO2.CH2Cl2.ClH.K.Na.H2O/c1-23(2)13-19-14-24(9-6-16-7-11-27-15-16)10-8-21(19,26)18-5-3-4-17(12-18)20(22)25;1-23(2)14-20-15-24(9-6-17-7-11-26-16-17)10-8-21(20,25)19-5-3-4-18(12-19)13-22;1-19(2,3)26-18(24)23-10-9-20(25,17(14-23)13-22(4)5)16-8-6-7-15(11-16)12-21;7-3-1-6-2-4-8-5-6;1-3(5)7-8-4(2)6;1-4(2,3)5;1-2(4)5-3;2-1-3;;;;/h3-5,7,11-12,15,19,26H,6,8-10,13-14H2,1-2H3,(H2,22,25);3-5,7,11-12,16,20,25H,6,8-10,14-15H2,1-2H3;6-8,11,17,25H,9-10,13-14H2,1-5H3;2-5H,1H2;1-2H3;5H,1-3H3;1H3;1H2;1H;;;1H2/q;;;;;;-1;;;2*+1;/p-1/t19-,21-;20-,21-;17-,20-;;;;;;;;;/m000........./s1. The van der Waals surface area contributed by atoms with E-state index in [1.54, 1.807) is 96.1 Å². The molecule has 0 aliphatic carbocycles. The molecule has 112 heavy (non-hydrogen) atoms. The molecule has 9 rings (SSSR count). The van der Waals surface area contributed by atoms with Gasteiger partial charge in [-0.15, -0.1) is 35.6 Å². The summed E-state index contributed by atoms with van der Waals surface area (Å²) in [6.07, 6.45) is 4.97. The number of piperidine rings is 3. The molecule has 2 amide bonds. The maximum atomic E-state index is 12.5. The Morgan fingerprint density at radius 1 is 0.616 bits per heavy atom. The SMILES string of the molecule is CC(=O)OOC(C)=O.CC(C)(C)O.CN(C)C[C@H]1CN(C(=O)OC(C)(C)C)CC[C@]1(O)c1cccc(C#N)c1.CN(C)C[C@H]1CN(CCc2ccsc2)CC[C@]1(O)c1cccc(C#N)c1.CN(C)C[C@H]1CN(CCc2ccsc2)CC[C@]1(O)c1cccc(C(N)=O)c1.Cl.ClCCl.O=CCc1ccsc1.[B-]OC(C)=O.[K+].[Na+].[OH-]. The quantitative estimate of drug-likeness (QED) is 0.0241. The van der Waals surface area contributed by atoms with Crippen molar-refractivity contribution in [1.82, 2.24) is 29.4 Å². The van der Waals surface area contributed by atoms with Crippen molar-refractivity contribution in [2.45, 2.75) is 129 Å². The normalized spacial score (nSPS) is 18.9. The molecule has 6 aromatic rings. The van der Waals surface area contributed by atoms with Crippen LogP contribution in [0.4, 0.5) is 4.79 Å². The van der Waals surface area contributed by atoms with Crippen molar-refractivity contribution in [3.63, 3.8) is 0 Å². The number of aliphatic hydroxyl groups is 4. The van der Waals surface area contributed by atoms with Crippen molar-refractivity contribution < 1.29 is 155 Å². The molecule has 3 aliphatic heterocycles. The summed E-state index contributed by atoms with van der Waals surface area (Å²) in [5, 5.41) is 74.4. The molecule has 0 bridgehead atoms. The molecule has 3 fully saturated rings. The number of nitrogens with zero attached hydrogens (tertiary/aromatic N) is 8. The predicted octanol–water partition coefficient (Wildman–Crippen LogP) is 5.26. The first-order chi connectivity index (χ1) is 50.7. The number of thiophene rings is 3. The van der Waals surface area contributed by atoms with Gasteiger partial charge in [0.15, 0.2) is 0 Å².